The second kappa shape index (κ2) is 7.78. The number of likely N-dealkylation sites (N-methyl/N-ethyl adjacent to an activating group) is 2. The van der Waals surface area contributed by atoms with E-state index in [-0.39, 0.29) is 11.4 Å². The highest BCUT2D eigenvalue weighted by atomic mass is 32.2. The van der Waals surface area contributed by atoms with Crippen LogP contribution in [0.2, 0.25) is 0 Å². The maximum atomic E-state index is 12.8. The summed E-state index contributed by atoms with van der Waals surface area (Å²) in [6.45, 7) is 17.3. The van der Waals surface area contributed by atoms with Crippen LogP contribution >= 0.6 is 11.8 Å². The molecule has 1 saturated heterocycles. The second-order valence-corrected chi connectivity index (χ2v) is 8.88. The van der Waals surface area contributed by atoms with E-state index in [1.54, 1.807) is 4.90 Å². The Labute approximate surface area is 173 Å². The summed E-state index contributed by atoms with van der Waals surface area (Å²) < 4.78 is 0. The van der Waals surface area contributed by atoms with Gasteiger partial charge in [0.25, 0.3) is 5.91 Å². The van der Waals surface area contributed by atoms with Crippen molar-refractivity contribution in [3.8, 4) is 0 Å². The molecule has 2 aliphatic heterocycles. The minimum Gasteiger partial charge on any atom is -0.363 e. The number of amides is 1. The zero-order chi connectivity index (χ0) is 20.6. The molecule has 2 aliphatic rings. The summed E-state index contributed by atoms with van der Waals surface area (Å²) in [5, 5.41) is 0.812. The molecule has 4 nitrogen and oxygen atoms in total. The number of amidine groups is 1. The molecule has 3 rings (SSSR count). The molecule has 28 heavy (non-hydrogen) atoms. The summed E-state index contributed by atoms with van der Waals surface area (Å²) in [5.41, 5.74) is 6.12. The molecule has 0 aliphatic carbocycles. The number of fused-ring (bicyclic) bond motifs is 1. The number of carbonyl (C=O) groups excluding carboxylic acids is 1. The van der Waals surface area contributed by atoms with E-state index in [2.05, 4.69) is 62.7 Å². The Hall–Kier alpha value is -2.01. The largest absolute Gasteiger partial charge is 0.363 e. The number of benzene rings is 1. The molecular weight excluding hydrogens is 366 g/mol. The van der Waals surface area contributed by atoms with Crippen molar-refractivity contribution in [3.63, 3.8) is 0 Å². The summed E-state index contributed by atoms with van der Waals surface area (Å²) in [5.74, 6) is 0.0559. The number of anilines is 1. The lowest BCUT2D eigenvalue weighted by atomic mass is 9.87. The maximum Gasteiger partial charge on any atom is 0.266 e. The molecule has 150 valence electrons. The highest BCUT2D eigenvalue weighted by Gasteiger charge is 2.33. The van der Waals surface area contributed by atoms with Gasteiger partial charge < -0.3 is 4.90 Å². The fraction of sp³-hybridized carbons (Fsp3) is 0.478. The Balaban J connectivity index is 2.07. The SMILES string of the molecule is CCN=C1S/C(=C\c2cc3c(cc2C)N(CC)C(C)(C)C=C3C)C(=O)N1CC. The Morgan fingerprint density at radius 2 is 1.86 bits per heavy atom. The highest BCUT2D eigenvalue weighted by Crippen LogP contribution is 2.41. The molecular formula is C23H31N3OS. The molecule has 0 radical (unpaired) electrons. The first-order valence-electron chi connectivity index (χ1n) is 10.1. The van der Waals surface area contributed by atoms with E-state index in [9.17, 15) is 4.79 Å². The van der Waals surface area contributed by atoms with Crippen LogP contribution in [0.1, 0.15) is 58.2 Å². The molecule has 1 amide bonds. The number of nitrogens with zero attached hydrogens (tertiary/aromatic N) is 3. The lowest BCUT2D eigenvalue weighted by molar-refractivity contribution is -0.122. The van der Waals surface area contributed by atoms with Gasteiger partial charge in [0, 0.05) is 30.9 Å². The van der Waals surface area contributed by atoms with Gasteiger partial charge in [0.15, 0.2) is 5.17 Å². The van der Waals surface area contributed by atoms with Crippen molar-refractivity contribution in [2.24, 2.45) is 4.99 Å². The van der Waals surface area contributed by atoms with Crippen LogP contribution in [-0.4, -0.2) is 41.1 Å². The third-order valence-electron chi connectivity index (χ3n) is 5.47. The van der Waals surface area contributed by atoms with Crippen molar-refractivity contribution in [2.75, 3.05) is 24.5 Å². The molecule has 0 spiro atoms. The fourth-order valence-electron chi connectivity index (χ4n) is 4.16. The normalized spacial score (nSPS) is 21.5. The van der Waals surface area contributed by atoms with E-state index in [1.807, 2.05) is 19.9 Å². The van der Waals surface area contributed by atoms with E-state index in [4.69, 9.17) is 0 Å². The van der Waals surface area contributed by atoms with Gasteiger partial charge in [-0.25, -0.2) is 0 Å². The first-order chi connectivity index (χ1) is 13.2. The van der Waals surface area contributed by atoms with Gasteiger partial charge in [-0.15, -0.1) is 0 Å². The molecule has 5 heteroatoms. The molecule has 2 heterocycles. The van der Waals surface area contributed by atoms with Crippen LogP contribution in [0.25, 0.3) is 11.6 Å². The standard InChI is InChI=1S/C23H31N3OS/c1-8-24-22-25(9-2)21(27)20(28-22)13-17-12-18-16(5)14-23(6,7)26(10-3)19(18)11-15(17)4/h11-14H,8-10H2,1-7H3/b20-13-,24-22?. The third kappa shape index (κ3) is 3.52. The minimum atomic E-state index is 0.00265. The van der Waals surface area contributed by atoms with Crippen molar-refractivity contribution in [2.45, 2.75) is 54.0 Å². The number of allylic oxidation sites excluding steroid dienone is 1. The van der Waals surface area contributed by atoms with E-state index < -0.39 is 0 Å². The predicted molar refractivity (Wildman–Crippen MR) is 123 cm³/mol. The van der Waals surface area contributed by atoms with E-state index in [0.717, 1.165) is 22.2 Å². The lowest BCUT2D eigenvalue weighted by Gasteiger charge is -2.43. The van der Waals surface area contributed by atoms with Crippen molar-refractivity contribution in [1.82, 2.24) is 4.90 Å². The summed E-state index contributed by atoms with van der Waals surface area (Å²) in [6, 6.07) is 4.51. The number of carbonyl (C=O) groups is 1. The van der Waals surface area contributed by atoms with E-state index >= 15 is 0 Å². The number of aryl methyl sites for hydroxylation is 1. The number of hydrogen-bond donors (Lipinski definition) is 0. The molecule has 1 aromatic rings. The first-order valence-corrected chi connectivity index (χ1v) is 10.9. The molecule has 1 aromatic carbocycles. The molecule has 0 N–H and O–H groups in total. The Kier molecular flexibility index (Phi) is 5.76. The van der Waals surface area contributed by atoms with Crippen LogP contribution in [0.3, 0.4) is 0 Å². The number of rotatable bonds is 4. The maximum absolute atomic E-state index is 12.8. The second-order valence-electron chi connectivity index (χ2n) is 7.87. The first kappa shape index (κ1) is 20.7. The van der Waals surface area contributed by atoms with Crippen molar-refractivity contribution in [3.05, 3.63) is 39.8 Å². The quantitative estimate of drug-likeness (QED) is 0.644. The van der Waals surface area contributed by atoms with Crippen LogP contribution < -0.4 is 4.90 Å². The highest BCUT2D eigenvalue weighted by molar-refractivity contribution is 8.18. The van der Waals surface area contributed by atoms with Crippen LogP contribution in [0.15, 0.2) is 28.1 Å². The lowest BCUT2D eigenvalue weighted by Crippen LogP contribution is -2.44. The predicted octanol–water partition coefficient (Wildman–Crippen LogP) is 5.33. The monoisotopic (exact) mass is 397 g/mol. The van der Waals surface area contributed by atoms with E-state index in [0.29, 0.717) is 13.1 Å². The number of hydrogen-bond acceptors (Lipinski definition) is 4. The van der Waals surface area contributed by atoms with Crippen LogP contribution in [-0.2, 0) is 4.79 Å². The average molecular weight is 398 g/mol. The van der Waals surface area contributed by atoms with Crippen molar-refractivity contribution in [1.29, 1.82) is 0 Å². The van der Waals surface area contributed by atoms with Crippen LogP contribution in [0.5, 0.6) is 0 Å². The summed E-state index contributed by atoms with van der Waals surface area (Å²) in [7, 11) is 0. The van der Waals surface area contributed by atoms with Gasteiger partial charge in [0.05, 0.1) is 10.4 Å². The van der Waals surface area contributed by atoms with Gasteiger partial charge in [-0.1, -0.05) is 6.08 Å². The van der Waals surface area contributed by atoms with Crippen molar-refractivity contribution < 1.29 is 4.79 Å². The average Bonchev–Trinajstić information content (AvgIpc) is 2.91. The van der Waals surface area contributed by atoms with Crippen LogP contribution in [0, 0.1) is 6.92 Å². The zero-order valence-corrected chi connectivity index (χ0v) is 18.9. The molecule has 0 atom stereocenters. The topological polar surface area (TPSA) is 35.9 Å². The Morgan fingerprint density at radius 3 is 2.46 bits per heavy atom. The molecule has 0 bridgehead atoms. The molecule has 0 unspecified atom stereocenters. The van der Waals surface area contributed by atoms with Gasteiger partial charge in [-0.2, -0.15) is 0 Å². The van der Waals surface area contributed by atoms with Gasteiger partial charge in [-0.3, -0.25) is 14.7 Å². The smallest absolute Gasteiger partial charge is 0.266 e. The van der Waals surface area contributed by atoms with Crippen molar-refractivity contribution >= 4 is 40.2 Å². The van der Waals surface area contributed by atoms with Gasteiger partial charge in [-0.05, 0) is 95.1 Å². The fourth-order valence-corrected chi connectivity index (χ4v) is 5.26. The zero-order valence-electron chi connectivity index (χ0n) is 18.1. The summed E-state index contributed by atoms with van der Waals surface area (Å²) >= 11 is 1.49. The summed E-state index contributed by atoms with van der Waals surface area (Å²) in [6.07, 6.45) is 4.37. The Bertz CT molecular complexity index is 895. The Morgan fingerprint density at radius 1 is 1.14 bits per heavy atom. The molecule has 1 fully saturated rings. The molecule has 0 aromatic heterocycles. The third-order valence-corrected chi connectivity index (χ3v) is 6.51. The summed E-state index contributed by atoms with van der Waals surface area (Å²) in [4.78, 5) is 22.3. The molecule has 0 saturated carbocycles. The van der Waals surface area contributed by atoms with E-state index in [1.165, 1.54) is 34.1 Å². The van der Waals surface area contributed by atoms with Gasteiger partial charge in [0.1, 0.15) is 0 Å². The van der Waals surface area contributed by atoms with Gasteiger partial charge in [0.2, 0.25) is 0 Å². The van der Waals surface area contributed by atoms with Crippen LogP contribution in [0.4, 0.5) is 5.69 Å². The minimum absolute atomic E-state index is 0.00265. The number of thioether (sulfide) groups is 1. The van der Waals surface area contributed by atoms with Gasteiger partial charge >= 0.3 is 0 Å². The number of aliphatic imine (C=N–C) groups is 1.